The summed E-state index contributed by atoms with van der Waals surface area (Å²) in [6.07, 6.45) is 11.0. The van der Waals surface area contributed by atoms with Crippen molar-refractivity contribution in [3.63, 3.8) is 0 Å². The third-order valence-corrected chi connectivity index (χ3v) is 7.60. The Morgan fingerprint density at radius 2 is 1.84 bits per heavy atom. The van der Waals surface area contributed by atoms with Crippen molar-refractivity contribution >= 4 is 17.5 Å². The minimum absolute atomic E-state index is 0.0108. The Balaban J connectivity index is 1.62. The van der Waals surface area contributed by atoms with Gasteiger partial charge in [0.15, 0.2) is 5.82 Å². The van der Waals surface area contributed by atoms with Crippen LogP contribution in [0.15, 0.2) is 24.3 Å². The first-order valence-corrected chi connectivity index (χ1v) is 11.6. The molecule has 1 amide bonds. The number of hydrogen-bond acceptors (Lipinski definition) is 5. The van der Waals surface area contributed by atoms with Crippen molar-refractivity contribution < 1.29 is 9.72 Å². The van der Waals surface area contributed by atoms with Crippen LogP contribution in [-0.2, 0) is 12.0 Å². The van der Waals surface area contributed by atoms with E-state index in [9.17, 15) is 14.9 Å². The number of aromatic nitrogens is 3. The van der Waals surface area contributed by atoms with Gasteiger partial charge in [0.1, 0.15) is 0 Å². The number of fused-ring (bicyclic) bond motifs is 4. The van der Waals surface area contributed by atoms with Gasteiger partial charge in [0.05, 0.1) is 10.5 Å². The number of amides is 1. The first-order valence-electron chi connectivity index (χ1n) is 11.6. The average molecular weight is 424 g/mol. The molecule has 31 heavy (non-hydrogen) atoms. The van der Waals surface area contributed by atoms with E-state index in [1.54, 1.807) is 12.1 Å². The second kappa shape index (κ2) is 7.73. The number of rotatable bonds is 3. The predicted octanol–water partition coefficient (Wildman–Crippen LogP) is 4.63. The van der Waals surface area contributed by atoms with E-state index in [0.717, 1.165) is 44.3 Å². The van der Waals surface area contributed by atoms with E-state index < -0.39 is 4.92 Å². The molecule has 2 fully saturated rings. The molecule has 0 unspecified atom stereocenters. The van der Waals surface area contributed by atoms with Gasteiger partial charge in [-0.2, -0.15) is 10.1 Å². The van der Waals surface area contributed by atoms with Crippen LogP contribution in [0.3, 0.4) is 0 Å². The van der Waals surface area contributed by atoms with E-state index in [0.29, 0.717) is 17.4 Å². The molecule has 1 aliphatic heterocycles. The Labute approximate surface area is 181 Å². The van der Waals surface area contributed by atoms with Crippen molar-refractivity contribution in [2.75, 3.05) is 4.90 Å². The normalized spacial score (nSPS) is 24.5. The largest absolute Gasteiger partial charge is 0.273 e. The fourth-order valence-electron chi connectivity index (χ4n) is 6.16. The third kappa shape index (κ3) is 3.15. The summed E-state index contributed by atoms with van der Waals surface area (Å²) in [5.74, 6) is 1.70. The summed E-state index contributed by atoms with van der Waals surface area (Å²) in [7, 11) is 0. The van der Waals surface area contributed by atoms with Gasteiger partial charge in [0.25, 0.3) is 11.6 Å². The number of benzene rings is 1. The molecular formula is C23H29N5O3. The molecule has 2 aromatic rings. The van der Waals surface area contributed by atoms with E-state index in [2.05, 4.69) is 4.68 Å². The Morgan fingerprint density at radius 3 is 2.52 bits per heavy atom. The highest BCUT2D eigenvalue weighted by Crippen LogP contribution is 2.53. The number of carbonyl (C=O) groups is 1. The quantitative estimate of drug-likeness (QED) is 0.530. The molecule has 1 aromatic carbocycles. The van der Waals surface area contributed by atoms with Crippen molar-refractivity contribution in [2.45, 2.75) is 82.7 Å². The lowest BCUT2D eigenvalue weighted by Gasteiger charge is -2.55. The van der Waals surface area contributed by atoms with Crippen molar-refractivity contribution in [2.24, 2.45) is 5.92 Å². The number of hydrogen-bond donors (Lipinski definition) is 0. The van der Waals surface area contributed by atoms with Crippen LogP contribution in [0.25, 0.3) is 0 Å². The summed E-state index contributed by atoms with van der Waals surface area (Å²) in [6.45, 7) is 2.05. The molecule has 2 aliphatic carbocycles. The van der Waals surface area contributed by atoms with Crippen molar-refractivity contribution in [1.29, 1.82) is 0 Å². The highest BCUT2D eigenvalue weighted by atomic mass is 16.6. The van der Waals surface area contributed by atoms with E-state index in [4.69, 9.17) is 10.1 Å². The molecule has 0 N–H and O–H groups in total. The van der Waals surface area contributed by atoms with E-state index in [-0.39, 0.29) is 23.2 Å². The number of aryl methyl sites for hydroxylation is 1. The summed E-state index contributed by atoms with van der Waals surface area (Å²) in [4.78, 5) is 31.0. The average Bonchev–Trinajstić information content (AvgIpc) is 3.25. The van der Waals surface area contributed by atoms with Crippen molar-refractivity contribution in [1.82, 2.24) is 14.8 Å². The standard InChI is InChI=1S/C23H29N5O3/c1-2-20-24-22-26(21(29)16-10-12-17(13-11-16)28(30)31)19-9-5-4-8-18(19)23(27(22)25-20)14-6-3-7-15-23/h10-13,18-19H,2-9,14-15H2,1H3/t18-,19+/m1/s1. The maximum atomic E-state index is 13.7. The Bertz CT molecular complexity index is 993. The summed E-state index contributed by atoms with van der Waals surface area (Å²) < 4.78 is 2.11. The second-order valence-electron chi connectivity index (χ2n) is 9.20. The highest BCUT2D eigenvalue weighted by molar-refractivity contribution is 6.06. The molecule has 0 saturated heterocycles. The molecule has 2 heterocycles. The lowest BCUT2D eigenvalue weighted by molar-refractivity contribution is -0.384. The molecule has 8 nitrogen and oxygen atoms in total. The molecule has 1 aromatic heterocycles. The molecule has 8 heteroatoms. The third-order valence-electron chi connectivity index (χ3n) is 7.60. The van der Waals surface area contributed by atoms with Crippen LogP contribution in [0.2, 0.25) is 0 Å². The number of nitrogens with zero attached hydrogens (tertiary/aromatic N) is 5. The van der Waals surface area contributed by atoms with Crippen LogP contribution < -0.4 is 4.90 Å². The Hall–Kier alpha value is -2.77. The van der Waals surface area contributed by atoms with Gasteiger partial charge in [-0.05, 0) is 37.8 Å². The number of nitro groups is 1. The minimum atomic E-state index is -0.441. The second-order valence-corrected chi connectivity index (χ2v) is 9.20. The lowest BCUT2D eigenvalue weighted by Crippen LogP contribution is -2.61. The van der Waals surface area contributed by atoms with Crippen LogP contribution in [0.5, 0.6) is 0 Å². The van der Waals surface area contributed by atoms with Crippen LogP contribution in [-0.4, -0.2) is 31.6 Å². The van der Waals surface area contributed by atoms with E-state index in [1.807, 2.05) is 11.8 Å². The predicted molar refractivity (Wildman–Crippen MR) is 116 cm³/mol. The lowest BCUT2D eigenvalue weighted by atomic mass is 9.64. The molecule has 5 rings (SSSR count). The molecule has 0 bridgehead atoms. The summed E-state index contributed by atoms with van der Waals surface area (Å²) in [5, 5.41) is 16.0. The van der Waals surface area contributed by atoms with Crippen LogP contribution in [0.4, 0.5) is 11.6 Å². The number of non-ortho nitro benzene ring substituents is 1. The molecular weight excluding hydrogens is 394 g/mol. The highest BCUT2D eigenvalue weighted by Gasteiger charge is 2.55. The van der Waals surface area contributed by atoms with Crippen LogP contribution in [0.1, 0.15) is 80.9 Å². The molecule has 1 spiro atoms. The zero-order valence-corrected chi connectivity index (χ0v) is 18.0. The van der Waals surface area contributed by atoms with Crippen LogP contribution in [0, 0.1) is 16.0 Å². The number of carbonyl (C=O) groups excluding carboxylic acids is 1. The van der Waals surface area contributed by atoms with Gasteiger partial charge in [-0.15, -0.1) is 0 Å². The summed E-state index contributed by atoms with van der Waals surface area (Å²) >= 11 is 0. The van der Waals surface area contributed by atoms with Gasteiger partial charge >= 0.3 is 0 Å². The van der Waals surface area contributed by atoms with E-state index >= 15 is 0 Å². The monoisotopic (exact) mass is 423 g/mol. The van der Waals surface area contributed by atoms with Gasteiger partial charge in [-0.25, -0.2) is 4.68 Å². The summed E-state index contributed by atoms with van der Waals surface area (Å²) in [5.41, 5.74) is 0.413. The molecule has 2 saturated carbocycles. The molecule has 3 aliphatic rings. The molecule has 2 atom stereocenters. The zero-order valence-electron chi connectivity index (χ0n) is 18.0. The van der Waals surface area contributed by atoms with Crippen molar-refractivity contribution in [3.05, 3.63) is 45.8 Å². The molecule has 0 radical (unpaired) electrons. The number of nitro benzene ring substituents is 1. The van der Waals surface area contributed by atoms with E-state index in [1.165, 1.54) is 37.8 Å². The fourth-order valence-corrected chi connectivity index (χ4v) is 6.16. The first kappa shape index (κ1) is 20.2. The van der Waals surface area contributed by atoms with Gasteiger partial charge < -0.3 is 0 Å². The topological polar surface area (TPSA) is 94.2 Å². The maximum absolute atomic E-state index is 13.7. The van der Waals surface area contributed by atoms with Gasteiger partial charge in [-0.1, -0.05) is 39.0 Å². The van der Waals surface area contributed by atoms with Gasteiger partial charge in [0, 0.05) is 36.1 Å². The van der Waals surface area contributed by atoms with Crippen LogP contribution >= 0.6 is 0 Å². The zero-order chi connectivity index (χ0) is 21.6. The van der Waals surface area contributed by atoms with Gasteiger partial charge in [-0.3, -0.25) is 19.8 Å². The van der Waals surface area contributed by atoms with Gasteiger partial charge in [0.2, 0.25) is 5.95 Å². The fraction of sp³-hybridized carbons (Fsp3) is 0.609. The Kier molecular flexibility index (Phi) is 5.02. The smallest absolute Gasteiger partial charge is 0.269 e. The van der Waals surface area contributed by atoms with Crippen molar-refractivity contribution in [3.8, 4) is 0 Å². The Morgan fingerprint density at radius 1 is 1.13 bits per heavy atom. The summed E-state index contributed by atoms with van der Waals surface area (Å²) in [6, 6.07) is 6.03. The molecule has 164 valence electrons. The maximum Gasteiger partial charge on any atom is 0.269 e. The minimum Gasteiger partial charge on any atom is -0.273 e. The number of anilines is 1. The SMILES string of the molecule is CCc1nc2n(n1)C1(CCCCC1)[C@@H]1CCCC[C@@H]1N2C(=O)c1ccc([N+](=O)[O-])cc1. The first-order chi connectivity index (χ1) is 15.0.